The quantitative estimate of drug-likeness (QED) is 0.601. The third kappa shape index (κ3) is 1.89. The summed E-state index contributed by atoms with van der Waals surface area (Å²) in [4.78, 5) is 13.4. The second-order valence-corrected chi connectivity index (χ2v) is 3.66. The Balaban J connectivity index is 2.00. The summed E-state index contributed by atoms with van der Waals surface area (Å²) >= 11 is 0. The summed E-state index contributed by atoms with van der Waals surface area (Å²) in [5.41, 5.74) is 0. The molecule has 1 atom stereocenters. The smallest absolute Gasteiger partial charge is 0.238 e. The van der Waals surface area contributed by atoms with Crippen LogP contribution in [0.3, 0.4) is 0 Å². The van der Waals surface area contributed by atoms with Crippen LogP contribution in [0.2, 0.25) is 0 Å². The van der Waals surface area contributed by atoms with Gasteiger partial charge in [-0.1, -0.05) is 0 Å². The molecular formula is C9H16N2O3. The number of carbonyl (C=O) groups is 1. The monoisotopic (exact) mass is 200 g/mol. The normalized spacial score (nSPS) is 30.8. The Labute approximate surface area is 83.3 Å². The van der Waals surface area contributed by atoms with E-state index in [1.165, 1.54) is 0 Å². The third-order valence-corrected chi connectivity index (χ3v) is 2.64. The van der Waals surface area contributed by atoms with E-state index in [2.05, 4.69) is 5.32 Å². The molecule has 1 unspecified atom stereocenters. The summed E-state index contributed by atoms with van der Waals surface area (Å²) in [6.45, 7) is 4.82. The van der Waals surface area contributed by atoms with Crippen molar-refractivity contribution in [2.45, 2.75) is 19.1 Å². The minimum atomic E-state index is 0.0648. The van der Waals surface area contributed by atoms with Gasteiger partial charge in [-0.2, -0.15) is 0 Å². The summed E-state index contributed by atoms with van der Waals surface area (Å²) in [6.07, 6.45) is 0.0952. The first-order valence-corrected chi connectivity index (χ1v) is 4.99. The van der Waals surface area contributed by atoms with Gasteiger partial charge in [-0.25, -0.2) is 0 Å². The van der Waals surface area contributed by atoms with Gasteiger partial charge in [0.25, 0.3) is 0 Å². The molecule has 1 N–H and O–H groups in total. The lowest BCUT2D eigenvalue weighted by Gasteiger charge is -2.29. The molecular weight excluding hydrogens is 184 g/mol. The van der Waals surface area contributed by atoms with Crippen LogP contribution in [0, 0.1) is 0 Å². The Bertz CT molecular complexity index is 214. The number of nitrogens with one attached hydrogen (secondary N) is 1. The highest BCUT2D eigenvalue weighted by molar-refractivity contribution is 5.80. The summed E-state index contributed by atoms with van der Waals surface area (Å²) in [7, 11) is 0. The van der Waals surface area contributed by atoms with Crippen LogP contribution >= 0.6 is 0 Å². The van der Waals surface area contributed by atoms with Gasteiger partial charge in [0.15, 0.2) is 0 Å². The molecule has 0 spiro atoms. The summed E-state index contributed by atoms with van der Waals surface area (Å²) in [5, 5.41) is 3.10. The van der Waals surface area contributed by atoms with Crippen LogP contribution < -0.4 is 5.32 Å². The molecule has 2 heterocycles. The van der Waals surface area contributed by atoms with Crippen molar-refractivity contribution in [1.29, 1.82) is 0 Å². The van der Waals surface area contributed by atoms with Crippen LogP contribution in [0.25, 0.3) is 0 Å². The van der Waals surface area contributed by atoms with E-state index in [0.717, 1.165) is 0 Å². The van der Waals surface area contributed by atoms with Crippen molar-refractivity contribution in [3.63, 3.8) is 0 Å². The van der Waals surface area contributed by atoms with E-state index in [1.807, 2.05) is 11.8 Å². The lowest BCUT2D eigenvalue weighted by Crippen LogP contribution is -2.47. The van der Waals surface area contributed by atoms with Gasteiger partial charge in [-0.05, 0) is 6.92 Å². The summed E-state index contributed by atoms with van der Waals surface area (Å²) < 4.78 is 10.7. The number of nitrogens with zero attached hydrogens (tertiary/aromatic N) is 1. The zero-order chi connectivity index (χ0) is 9.97. The van der Waals surface area contributed by atoms with Crippen molar-refractivity contribution >= 4 is 5.91 Å². The first-order valence-electron chi connectivity index (χ1n) is 4.99. The first-order chi connectivity index (χ1) is 6.79. The SMILES string of the molecule is CC1NCC(=O)N1C1COCCOC1. The van der Waals surface area contributed by atoms with Crippen molar-refractivity contribution in [3.05, 3.63) is 0 Å². The lowest BCUT2D eigenvalue weighted by atomic mass is 10.2. The van der Waals surface area contributed by atoms with Gasteiger partial charge < -0.3 is 14.4 Å². The number of hydrogen-bond acceptors (Lipinski definition) is 4. The Hall–Kier alpha value is -0.650. The predicted molar refractivity (Wildman–Crippen MR) is 49.7 cm³/mol. The molecule has 14 heavy (non-hydrogen) atoms. The highest BCUT2D eigenvalue weighted by Gasteiger charge is 2.33. The Morgan fingerprint density at radius 2 is 2.00 bits per heavy atom. The Kier molecular flexibility index (Phi) is 3.00. The Morgan fingerprint density at radius 1 is 1.36 bits per heavy atom. The molecule has 5 nitrogen and oxygen atoms in total. The molecule has 5 heteroatoms. The molecule has 80 valence electrons. The van der Waals surface area contributed by atoms with Crippen molar-refractivity contribution in [2.75, 3.05) is 33.0 Å². The largest absolute Gasteiger partial charge is 0.377 e. The molecule has 2 rings (SSSR count). The maximum Gasteiger partial charge on any atom is 0.238 e. The van der Waals surface area contributed by atoms with Gasteiger partial charge in [-0.3, -0.25) is 10.1 Å². The maximum atomic E-state index is 11.5. The standard InChI is InChI=1S/C9H16N2O3/c1-7-10-4-9(12)11(7)8-5-13-2-3-14-6-8/h7-8,10H,2-6H2,1H3. The molecule has 2 fully saturated rings. The fraction of sp³-hybridized carbons (Fsp3) is 0.889. The van der Waals surface area contributed by atoms with Crippen LogP contribution in [0.4, 0.5) is 0 Å². The van der Waals surface area contributed by atoms with Gasteiger partial charge >= 0.3 is 0 Å². The maximum absolute atomic E-state index is 11.5. The van der Waals surface area contributed by atoms with E-state index < -0.39 is 0 Å². The first kappa shape index (κ1) is 9.89. The average Bonchev–Trinajstić information content (AvgIpc) is 2.45. The molecule has 2 aliphatic heterocycles. The van der Waals surface area contributed by atoms with E-state index in [9.17, 15) is 4.79 Å². The number of amides is 1. The van der Waals surface area contributed by atoms with E-state index in [-0.39, 0.29) is 18.1 Å². The van der Waals surface area contributed by atoms with Crippen molar-refractivity contribution in [2.24, 2.45) is 0 Å². The minimum Gasteiger partial charge on any atom is -0.377 e. The molecule has 0 aromatic carbocycles. The fourth-order valence-electron chi connectivity index (χ4n) is 1.93. The molecule has 0 aromatic heterocycles. The number of ether oxygens (including phenoxy) is 2. The lowest BCUT2D eigenvalue weighted by molar-refractivity contribution is -0.131. The van der Waals surface area contributed by atoms with E-state index in [0.29, 0.717) is 33.0 Å². The highest BCUT2D eigenvalue weighted by Crippen LogP contribution is 2.12. The molecule has 0 aromatic rings. The van der Waals surface area contributed by atoms with Gasteiger partial charge in [0.2, 0.25) is 5.91 Å². The van der Waals surface area contributed by atoms with Crippen molar-refractivity contribution < 1.29 is 14.3 Å². The molecule has 1 amide bonds. The third-order valence-electron chi connectivity index (χ3n) is 2.64. The van der Waals surface area contributed by atoms with E-state index in [1.54, 1.807) is 0 Å². The van der Waals surface area contributed by atoms with Gasteiger partial charge in [0.05, 0.1) is 45.2 Å². The molecule has 2 saturated heterocycles. The minimum absolute atomic E-state index is 0.0648. The number of hydrogen-bond donors (Lipinski definition) is 1. The molecule has 0 saturated carbocycles. The summed E-state index contributed by atoms with van der Waals surface area (Å²) in [6, 6.07) is 0.0648. The molecule has 0 bridgehead atoms. The van der Waals surface area contributed by atoms with Crippen LogP contribution in [-0.2, 0) is 14.3 Å². The Morgan fingerprint density at radius 3 is 2.50 bits per heavy atom. The molecule has 2 aliphatic rings. The van der Waals surface area contributed by atoms with Crippen LogP contribution in [-0.4, -0.2) is 56.0 Å². The van der Waals surface area contributed by atoms with Gasteiger partial charge in [0, 0.05) is 0 Å². The van der Waals surface area contributed by atoms with Crippen LogP contribution in [0.5, 0.6) is 0 Å². The van der Waals surface area contributed by atoms with Gasteiger partial charge in [0.1, 0.15) is 0 Å². The average molecular weight is 200 g/mol. The van der Waals surface area contributed by atoms with Crippen LogP contribution in [0.1, 0.15) is 6.92 Å². The zero-order valence-corrected chi connectivity index (χ0v) is 8.36. The summed E-state index contributed by atoms with van der Waals surface area (Å²) in [5.74, 6) is 0.136. The second kappa shape index (κ2) is 4.25. The zero-order valence-electron chi connectivity index (χ0n) is 8.36. The van der Waals surface area contributed by atoms with Crippen LogP contribution in [0.15, 0.2) is 0 Å². The van der Waals surface area contributed by atoms with Crippen molar-refractivity contribution in [1.82, 2.24) is 10.2 Å². The predicted octanol–water partition coefficient (Wildman–Crippen LogP) is -0.820. The van der Waals surface area contributed by atoms with Gasteiger partial charge in [-0.15, -0.1) is 0 Å². The highest BCUT2D eigenvalue weighted by atomic mass is 16.5. The second-order valence-electron chi connectivity index (χ2n) is 3.66. The number of carbonyl (C=O) groups excluding carboxylic acids is 1. The number of rotatable bonds is 1. The molecule has 0 radical (unpaired) electrons. The fourth-order valence-corrected chi connectivity index (χ4v) is 1.93. The van der Waals surface area contributed by atoms with E-state index >= 15 is 0 Å². The van der Waals surface area contributed by atoms with E-state index in [4.69, 9.17) is 9.47 Å². The van der Waals surface area contributed by atoms with Crippen molar-refractivity contribution in [3.8, 4) is 0 Å². The topological polar surface area (TPSA) is 50.8 Å². The molecule has 0 aliphatic carbocycles.